The fourth-order valence-corrected chi connectivity index (χ4v) is 0.892. The Hall–Kier alpha value is -1.31. The summed E-state index contributed by atoms with van der Waals surface area (Å²) < 4.78 is 0. The van der Waals surface area contributed by atoms with Gasteiger partial charge in [0.05, 0.1) is 5.71 Å². The Kier molecular flexibility index (Phi) is 5.60. The van der Waals surface area contributed by atoms with Gasteiger partial charge in [0.1, 0.15) is 0 Å². The van der Waals surface area contributed by atoms with Gasteiger partial charge in [-0.25, -0.2) is 0 Å². The largest absolute Gasteiger partial charge is 0.402 e. The van der Waals surface area contributed by atoms with Crippen LogP contribution in [-0.4, -0.2) is 5.71 Å². The van der Waals surface area contributed by atoms with E-state index in [1.807, 2.05) is 39.0 Å². The van der Waals surface area contributed by atoms with Crippen molar-refractivity contribution in [1.82, 2.24) is 0 Å². The van der Waals surface area contributed by atoms with E-state index in [0.29, 0.717) is 5.71 Å². The van der Waals surface area contributed by atoms with Crippen LogP contribution in [0.1, 0.15) is 27.2 Å². The molecule has 72 valence electrons. The van der Waals surface area contributed by atoms with Crippen LogP contribution in [0.3, 0.4) is 0 Å². The van der Waals surface area contributed by atoms with Crippen LogP contribution >= 0.6 is 0 Å². The van der Waals surface area contributed by atoms with Crippen LogP contribution in [0, 0.1) is 5.41 Å². The Morgan fingerprint density at radius 3 is 2.38 bits per heavy atom. The fraction of sp³-hybridized carbons (Fsp3) is 0.364. The number of hydrogen-bond acceptors (Lipinski definition) is 2. The first-order chi connectivity index (χ1) is 6.15. The summed E-state index contributed by atoms with van der Waals surface area (Å²) >= 11 is 0. The third kappa shape index (κ3) is 4.31. The molecule has 0 unspecified atom stereocenters. The van der Waals surface area contributed by atoms with Gasteiger partial charge >= 0.3 is 0 Å². The average molecular weight is 178 g/mol. The molecule has 0 aliphatic heterocycles. The Bertz CT molecular complexity index is 257. The third-order valence-electron chi connectivity index (χ3n) is 1.71. The fourth-order valence-electron chi connectivity index (χ4n) is 0.892. The van der Waals surface area contributed by atoms with E-state index in [4.69, 9.17) is 11.1 Å². The Morgan fingerprint density at radius 1 is 1.38 bits per heavy atom. The second kappa shape index (κ2) is 6.23. The first-order valence-electron chi connectivity index (χ1n) is 4.49. The highest BCUT2D eigenvalue weighted by molar-refractivity contribution is 6.08. The van der Waals surface area contributed by atoms with Crippen LogP contribution in [-0.2, 0) is 0 Å². The minimum atomic E-state index is 0.472. The number of nitrogens with two attached hydrogens (primary N) is 1. The molecule has 0 aromatic carbocycles. The zero-order valence-electron chi connectivity index (χ0n) is 8.59. The van der Waals surface area contributed by atoms with Gasteiger partial charge in [0, 0.05) is 5.70 Å². The summed E-state index contributed by atoms with van der Waals surface area (Å²) in [4.78, 5) is 0. The maximum atomic E-state index is 7.71. The molecule has 0 aromatic heterocycles. The van der Waals surface area contributed by atoms with E-state index in [1.165, 1.54) is 0 Å². The lowest BCUT2D eigenvalue weighted by atomic mass is 10.1. The summed E-state index contributed by atoms with van der Waals surface area (Å²) in [7, 11) is 0. The molecule has 0 fully saturated rings. The van der Waals surface area contributed by atoms with Gasteiger partial charge in [-0.3, -0.25) is 0 Å². The molecule has 0 spiro atoms. The maximum Gasteiger partial charge on any atom is 0.0625 e. The molecule has 2 heteroatoms. The van der Waals surface area contributed by atoms with Gasteiger partial charge in [-0.2, -0.15) is 0 Å². The number of nitrogens with one attached hydrogen (secondary N) is 1. The highest BCUT2D eigenvalue weighted by Crippen LogP contribution is 2.03. The van der Waals surface area contributed by atoms with Crippen molar-refractivity contribution in [3.05, 3.63) is 35.6 Å². The average Bonchev–Trinajstić information content (AvgIpc) is 2.13. The molecule has 0 heterocycles. The lowest BCUT2D eigenvalue weighted by Gasteiger charge is -2.00. The summed E-state index contributed by atoms with van der Waals surface area (Å²) in [6.45, 7) is 5.83. The number of allylic oxidation sites excluding steroid dienone is 6. The van der Waals surface area contributed by atoms with Gasteiger partial charge in [0.2, 0.25) is 0 Å². The summed E-state index contributed by atoms with van der Waals surface area (Å²) in [6, 6.07) is 0. The van der Waals surface area contributed by atoms with Crippen LogP contribution in [0.25, 0.3) is 0 Å². The molecular formula is C11H18N2. The van der Waals surface area contributed by atoms with Crippen molar-refractivity contribution in [2.45, 2.75) is 27.2 Å². The van der Waals surface area contributed by atoms with Gasteiger partial charge in [-0.15, -0.1) is 0 Å². The van der Waals surface area contributed by atoms with Gasteiger partial charge in [-0.05, 0) is 31.9 Å². The molecule has 13 heavy (non-hydrogen) atoms. The molecule has 3 N–H and O–H groups in total. The van der Waals surface area contributed by atoms with Crippen LogP contribution < -0.4 is 5.73 Å². The van der Waals surface area contributed by atoms with E-state index in [0.717, 1.165) is 17.7 Å². The van der Waals surface area contributed by atoms with Crippen molar-refractivity contribution in [1.29, 1.82) is 5.41 Å². The molecule has 0 aliphatic rings. The molecule has 2 nitrogen and oxygen atoms in total. The molecule has 0 radical (unpaired) electrons. The molecule has 0 saturated heterocycles. The highest BCUT2D eigenvalue weighted by Gasteiger charge is 1.97. The van der Waals surface area contributed by atoms with E-state index in [-0.39, 0.29) is 0 Å². The summed E-state index contributed by atoms with van der Waals surface area (Å²) in [5, 5.41) is 7.71. The maximum absolute atomic E-state index is 7.71. The SMILES string of the molecule is C/C=C\C(=C/C)C(=N)C=C(N)CC. The minimum absolute atomic E-state index is 0.472. The predicted molar refractivity (Wildman–Crippen MR) is 58.9 cm³/mol. The third-order valence-corrected chi connectivity index (χ3v) is 1.71. The second-order valence-corrected chi connectivity index (χ2v) is 2.73. The van der Waals surface area contributed by atoms with E-state index < -0.39 is 0 Å². The quantitative estimate of drug-likeness (QED) is 0.504. The lowest BCUT2D eigenvalue weighted by molar-refractivity contribution is 1.07. The lowest BCUT2D eigenvalue weighted by Crippen LogP contribution is -2.02. The summed E-state index contributed by atoms with van der Waals surface area (Å²) in [5.74, 6) is 0. The number of hydrogen-bond donors (Lipinski definition) is 2. The zero-order chi connectivity index (χ0) is 10.3. The molecule has 0 aliphatic carbocycles. The first kappa shape index (κ1) is 11.7. The zero-order valence-corrected chi connectivity index (χ0v) is 8.59. The van der Waals surface area contributed by atoms with Crippen LogP contribution in [0.15, 0.2) is 35.6 Å². The molecule has 0 aromatic rings. The Balaban J connectivity index is 4.59. The van der Waals surface area contributed by atoms with E-state index in [9.17, 15) is 0 Å². The first-order valence-corrected chi connectivity index (χ1v) is 4.49. The molecule has 0 saturated carbocycles. The molecular weight excluding hydrogens is 160 g/mol. The van der Waals surface area contributed by atoms with Crippen LogP contribution in [0.5, 0.6) is 0 Å². The van der Waals surface area contributed by atoms with Gasteiger partial charge in [0.15, 0.2) is 0 Å². The van der Waals surface area contributed by atoms with Crippen molar-refractivity contribution < 1.29 is 0 Å². The molecule has 0 bridgehead atoms. The minimum Gasteiger partial charge on any atom is -0.402 e. The van der Waals surface area contributed by atoms with Gasteiger partial charge < -0.3 is 11.1 Å². The highest BCUT2D eigenvalue weighted by atomic mass is 14.6. The normalized spacial score (nSPS) is 13.8. The van der Waals surface area contributed by atoms with Crippen LogP contribution in [0.4, 0.5) is 0 Å². The van der Waals surface area contributed by atoms with E-state index >= 15 is 0 Å². The number of rotatable bonds is 4. The van der Waals surface area contributed by atoms with E-state index in [2.05, 4.69) is 0 Å². The van der Waals surface area contributed by atoms with E-state index in [1.54, 1.807) is 6.08 Å². The summed E-state index contributed by atoms with van der Waals surface area (Å²) in [5.41, 5.74) is 7.75. The second-order valence-electron chi connectivity index (χ2n) is 2.73. The van der Waals surface area contributed by atoms with Crippen molar-refractivity contribution in [3.8, 4) is 0 Å². The topological polar surface area (TPSA) is 49.9 Å². The molecule has 0 amide bonds. The Labute approximate surface area is 80.3 Å². The predicted octanol–water partition coefficient (Wildman–Crippen LogP) is 2.78. The van der Waals surface area contributed by atoms with Crippen molar-refractivity contribution >= 4 is 5.71 Å². The molecule has 0 atom stereocenters. The van der Waals surface area contributed by atoms with Crippen molar-refractivity contribution in [2.75, 3.05) is 0 Å². The van der Waals surface area contributed by atoms with Crippen LogP contribution in [0.2, 0.25) is 0 Å². The summed E-state index contributed by atoms with van der Waals surface area (Å²) in [6.07, 6.45) is 8.22. The Morgan fingerprint density at radius 2 is 2.00 bits per heavy atom. The van der Waals surface area contributed by atoms with Crippen molar-refractivity contribution in [3.63, 3.8) is 0 Å². The smallest absolute Gasteiger partial charge is 0.0625 e. The molecule has 0 rings (SSSR count). The van der Waals surface area contributed by atoms with Gasteiger partial charge in [-0.1, -0.05) is 25.2 Å². The standard InChI is InChI=1S/C11H18N2/c1-4-7-9(5-2)11(13)8-10(12)6-3/h4-5,7-8,13H,6,12H2,1-3H3/b7-4-,9-5+,10-8?,13-11?. The van der Waals surface area contributed by atoms with Crippen molar-refractivity contribution in [2.24, 2.45) is 5.73 Å². The van der Waals surface area contributed by atoms with Gasteiger partial charge in [0.25, 0.3) is 0 Å². The monoisotopic (exact) mass is 178 g/mol.